The van der Waals surface area contributed by atoms with Crippen LogP contribution in [0.25, 0.3) is 0 Å². The summed E-state index contributed by atoms with van der Waals surface area (Å²) in [6.07, 6.45) is 4.57. The van der Waals surface area contributed by atoms with Crippen molar-refractivity contribution in [2.75, 3.05) is 51.7 Å². The molecule has 7 nitrogen and oxygen atoms in total. The van der Waals surface area contributed by atoms with E-state index < -0.39 is 0 Å². The number of benzene rings is 1. The summed E-state index contributed by atoms with van der Waals surface area (Å²) >= 11 is 0. The summed E-state index contributed by atoms with van der Waals surface area (Å²) in [5.41, 5.74) is 6.84. The maximum Gasteiger partial charge on any atom is 0.225 e. The normalized spacial score (nSPS) is 19.3. The number of ether oxygens (including phenoxy) is 1. The zero-order valence-corrected chi connectivity index (χ0v) is 16.2. The number of methoxy groups -OCH3 is 1. The fourth-order valence-corrected chi connectivity index (χ4v) is 3.80. The van der Waals surface area contributed by atoms with E-state index in [9.17, 15) is 4.79 Å². The molecule has 1 heterocycles. The molecule has 1 aliphatic carbocycles. The number of guanidine groups is 1. The number of nitrogens with zero attached hydrogens (tertiary/aromatic N) is 3. The van der Waals surface area contributed by atoms with Gasteiger partial charge in [-0.15, -0.1) is 0 Å². The summed E-state index contributed by atoms with van der Waals surface area (Å²) in [4.78, 5) is 21.3. The van der Waals surface area contributed by atoms with E-state index >= 15 is 0 Å². The number of piperazine rings is 1. The van der Waals surface area contributed by atoms with Crippen molar-refractivity contribution in [3.05, 3.63) is 24.3 Å². The van der Waals surface area contributed by atoms with Crippen molar-refractivity contribution >= 4 is 17.6 Å². The number of nitrogens with two attached hydrogens (primary N) is 1. The Labute approximate surface area is 161 Å². The van der Waals surface area contributed by atoms with E-state index in [1.54, 1.807) is 7.11 Å². The molecule has 1 aliphatic heterocycles. The molecule has 0 atom stereocenters. The van der Waals surface area contributed by atoms with Crippen LogP contribution in [0.4, 0.5) is 5.69 Å². The van der Waals surface area contributed by atoms with Crippen LogP contribution in [-0.2, 0) is 4.79 Å². The molecule has 148 valence electrons. The largest absolute Gasteiger partial charge is 0.497 e. The average molecular weight is 374 g/mol. The van der Waals surface area contributed by atoms with E-state index in [4.69, 9.17) is 10.5 Å². The number of carbonyl (C=O) groups excluding carboxylic acids is 1. The van der Waals surface area contributed by atoms with Crippen molar-refractivity contribution in [1.29, 1.82) is 0 Å². The van der Waals surface area contributed by atoms with E-state index in [1.807, 2.05) is 24.3 Å². The molecular formula is C20H31N5O2. The van der Waals surface area contributed by atoms with Crippen molar-refractivity contribution in [2.45, 2.75) is 25.7 Å². The third-order valence-corrected chi connectivity index (χ3v) is 5.45. The Hall–Kier alpha value is -2.28. The predicted molar refractivity (Wildman–Crippen MR) is 108 cm³/mol. The fourth-order valence-electron chi connectivity index (χ4n) is 3.80. The van der Waals surface area contributed by atoms with Gasteiger partial charge in [0.15, 0.2) is 5.96 Å². The predicted octanol–water partition coefficient (Wildman–Crippen LogP) is 1.76. The standard InChI is InChI=1S/C20H31N5O2/c1-27-18-8-6-17(7-9-18)23-20(21)22-10-11-24-12-14-25(15-13-24)19(26)16-4-2-3-5-16/h6-9,16H,2-5,10-15H2,1H3,(H3,21,22,23). The summed E-state index contributed by atoms with van der Waals surface area (Å²) < 4.78 is 5.14. The quantitative estimate of drug-likeness (QED) is 0.586. The average Bonchev–Trinajstić information content (AvgIpc) is 3.23. The molecule has 7 heteroatoms. The van der Waals surface area contributed by atoms with Gasteiger partial charge in [-0.05, 0) is 37.1 Å². The molecule has 3 rings (SSSR count). The molecule has 2 aliphatic rings. The van der Waals surface area contributed by atoms with Crippen LogP contribution < -0.4 is 15.8 Å². The Kier molecular flexibility index (Phi) is 6.92. The van der Waals surface area contributed by atoms with Crippen LogP contribution in [0.15, 0.2) is 29.3 Å². The Morgan fingerprint density at radius 1 is 1.19 bits per heavy atom. The zero-order chi connectivity index (χ0) is 19.1. The van der Waals surface area contributed by atoms with Crippen LogP contribution in [0.5, 0.6) is 5.75 Å². The minimum atomic E-state index is 0.282. The number of hydrogen-bond acceptors (Lipinski definition) is 4. The Morgan fingerprint density at radius 2 is 1.85 bits per heavy atom. The molecule has 0 spiro atoms. The zero-order valence-electron chi connectivity index (χ0n) is 16.2. The number of hydrogen-bond donors (Lipinski definition) is 2. The van der Waals surface area contributed by atoms with Crippen LogP contribution in [-0.4, -0.2) is 68.0 Å². The molecule has 1 saturated heterocycles. The van der Waals surface area contributed by atoms with E-state index in [2.05, 4.69) is 20.1 Å². The molecule has 0 bridgehead atoms. The van der Waals surface area contributed by atoms with Gasteiger partial charge in [-0.2, -0.15) is 0 Å². The molecule has 2 fully saturated rings. The molecule has 1 aromatic carbocycles. The third-order valence-electron chi connectivity index (χ3n) is 5.45. The Bertz CT molecular complexity index is 632. The third kappa shape index (κ3) is 5.60. The van der Waals surface area contributed by atoms with Gasteiger partial charge in [-0.1, -0.05) is 12.8 Å². The van der Waals surface area contributed by atoms with Crippen molar-refractivity contribution in [3.8, 4) is 5.75 Å². The second-order valence-corrected chi connectivity index (χ2v) is 7.27. The van der Waals surface area contributed by atoms with Crippen LogP contribution in [0.3, 0.4) is 0 Å². The van der Waals surface area contributed by atoms with Gasteiger partial charge in [0.05, 0.1) is 13.7 Å². The van der Waals surface area contributed by atoms with Crippen LogP contribution in [0.2, 0.25) is 0 Å². The molecule has 1 saturated carbocycles. The lowest BCUT2D eigenvalue weighted by Crippen LogP contribution is -2.50. The number of anilines is 1. The number of nitrogens with one attached hydrogen (secondary N) is 1. The summed E-state index contributed by atoms with van der Waals surface area (Å²) in [5, 5.41) is 3.08. The van der Waals surface area contributed by atoms with E-state index in [1.165, 1.54) is 12.8 Å². The lowest BCUT2D eigenvalue weighted by Gasteiger charge is -2.35. The first-order valence-electron chi connectivity index (χ1n) is 9.88. The van der Waals surface area contributed by atoms with Crippen molar-refractivity contribution < 1.29 is 9.53 Å². The highest BCUT2D eigenvalue weighted by molar-refractivity contribution is 5.92. The minimum absolute atomic E-state index is 0.282. The molecule has 27 heavy (non-hydrogen) atoms. The second-order valence-electron chi connectivity index (χ2n) is 7.27. The van der Waals surface area contributed by atoms with E-state index in [0.29, 0.717) is 18.4 Å². The molecule has 0 radical (unpaired) electrons. The van der Waals surface area contributed by atoms with Gasteiger partial charge in [0.1, 0.15) is 5.75 Å². The smallest absolute Gasteiger partial charge is 0.225 e. The molecule has 0 unspecified atom stereocenters. The van der Waals surface area contributed by atoms with Gasteiger partial charge in [0.25, 0.3) is 0 Å². The lowest BCUT2D eigenvalue weighted by molar-refractivity contribution is -0.137. The number of aliphatic imine (C=N–C) groups is 1. The number of carbonyl (C=O) groups is 1. The number of rotatable bonds is 6. The SMILES string of the molecule is COc1ccc(NC(N)=NCCN2CCN(C(=O)C3CCCC3)CC2)cc1. The lowest BCUT2D eigenvalue weighted by atomic mass is 10.1. The first kappa shape index (κ1) is 19.5. The summed E-state index contributed by atoms with van der Waals surface area (Å²) in [7, 11) is 1.64. The fraction of sp³-hybridized carbons (Fsp3) is 0.600. The Morgan fingerprint density at radius 3 is 2.48 bits per heavy atom. The van der Waals surface area contributed by atoms with E-state index in [0.717, 1.165) is 57.0 Å². The molecule has 3 N–H and O–H groups in total. The second kappa shape index (κ2) is 9.60. The highest BCUT2D eigenvalue weighted by Gasteiger charge is 2.29. The topological polar surface area (TPSA) is 83.2 Å². The van der Waals surface area contributed by atoms with Gasteiger partial charge in [0.2, 0.25) is 5.91 Å². The first-order valence-corrected chi connectivity index (χ1v) is 9.88. The van der Waals surface area contributed by atoms with E-state index in [-0.39, 0.29) is 5.92 Å². The first-order chi connectivity index (χ1) is 13.2. The maximum absolute atomic E-state index is 12.5. The highest BCUT2D eigenvalue weighted by Crippen LogP contribution is 2.26. The van der Waals surface area contributed by atoms with Gasteiger partial charge in [0, 0.05) is 44.3 Å². The minimum Gasteiger partial charge on any atom is -0.497 e. The molecule has 1 aromatic rings. The number of amides is 1. The summed E-state index contributed by atoms with van der Waals surface area (Å²) in [6.45, 7) is 5.00. The van der Waals surface area contributed by atoms with Gasteiger partial charge in [-0.3, -0.25) is 14.7 Å². The van der Waals surface area contributed by atoms with Crippen LogP contribution in [0, 0.1) is 5.92 Å². The van der Waals surface area contributed by atoms with Crippen molar-refractivity contribution in [2.24, 2.45) is 16.6 Å². The summed E-state index contributed by atoms with van der Waals surface area (Å²) in [6, 6.07) is 7.56. The molecular weight excluding hydrogens is 342 g/mol. The van der Waals surface area contributed by atoms with Crippen LogP contribution in [0.1, 0.15) is 25.7 Å². The van der Waals surface area contributed by atoms with Crippen LogP contribution >= 0.6 is 0 Å². The Balaban J connectivity index is 1.36. The van der Waals surface area contributed by atoms with Gasteiger partial charge < -0.3 is 20.7 Å². The van der Waals surface area contributed by atoms with Crippen molar-refractivity contribution in [3.63, 3.8) is 0 Å². The molecule has 0 aromatic heterocycles. The molecule has 1 amide bonds. The summed E-state index contributed by atoms with van der Waals surface area (Å²) in [5.74, 6) is 1.87. The van der Waals surface area contributed by atoms with Gasteiger partial charge in [-0.25, -0.2) is 0 Å². The van der Waals surface area contributed by atoms with Crippen molar-refractivity contribution in [1.82, 2.24) is 9.80 Å². The maximum atomic E-state index is 12.5. The highest BCUT2D eigenvalue weighted by atomic mass is 16.5. The monoisotopic (exact) mass is 373 g/mol. The van der Waals surface area contributed by atoms with Gasteiger partial charge >= 0.3 is 0 Å².